The van der Waals surface area contributed by atoms with Crippen LogP contribution in [0.1, 0.15) is 18.9 Å². The molecule has 0 aliphatic rings. The lowest BCUT2D eigenvalue weighted by Crippen LogP contribution is -2.08. The Balaban J connectivity index is 2.02. The molecule has 2 rings (SSSR count). The summed E-state index contributed by atoms with van der Waals surface area (Å²) in [6, 6.07) is 8.17. The number of aryl methyl sites for hydroxylation is 1. The number of hydrogen-bond donors (Lipinski definition) is 1. The molecule has 1 aromatic carbocycles. The SMILES string of the molecule is CCCn1nncc1NCc1ccccc1Br. The average molecular weight is 295 g/mol. The Morgan fingerprint density at radius 3 is 2.94 bits per heavy atom. The van der Waals surface area contributed by atoms with Gasteiger partial charge in [0.25, 0.3) is 0 Å². The van der Waals surface area contributed by atoms with E-state index in [9.17, 15) is 0 Å². The van der Waals surface area contributed by atoms with Gasteiger partial charge >= 0.3 is 0 Å². The molecular weight excluding hydrogens is 280 g/mol. The minimum absolute atomic E-state index is 0.762. The largest absolute Gasteiger partial charge is 0.365 e. The van der Waals surface area contributed by atoms with Crippen molar-refractivity contribution in [1.82, 2.24) is 15.0 Å². The van der Waals surface area contributed by atoms with Crippen LogP contribution >= 0.6 is 15.9 Å². The molecule has 0 radical (unpaired) electrons. The normalized spacial score (nSPS) is 10.5. The Morgan fingerprint density at radius 1 is 1.35 bits per heavy atom. The maximum Gasteiger partial charge on any atom is 0.145 e. The van der Waals surface area contributed by atoms with Crippen molar-refractivity contribution in [2.45, 2.75) is 26.4 Å². The van der Waals surface area contributed by atoms with Gasteiger partial charge in [-0.05, 0) is 18.1 Å². The summed E-state index contributed by atoms with van der Waals surface area (Å²) in [5.74, 6) is 0.961. The zero-order valence-corrected chi connectivity index (χ0v) is 11.3. The summed E-state index contributed by atoms with van der Waals surface area (Å²) in [6.45, 7) is 3.77. The van der Waals surface area contributed by atoms with Crippen molar-refractivity contribution in [3.05, 3.63) is 40.5 Å². The third-order valence-electron chi connectivity index (χ3n) is 2.47. The van der Waals surface area contributed by atoms with E-state index in [1.54, 1.807) is 6.20 Å². The Bertz CT molecular complexity index is 481. The highest BCUT2D eigenvalue weighted by Gasteiger charge is 2.03. The first kappa shape index (κ1) is 12.1. The lowest BCUT2D eigenvalue weighted by Gasteiger charge is -2.08. The molecule has 1 N–H and O–H groups in total. The summed E-state index contributed by atoms with van der Waals surface area (Å²) in [6.07, 6.45) is 2.81. The van der Waals surface area contributed by atoms with Gasteiger partial charge in [-0.25, -0.2) is 4.68 Å². The van der Waals surface area contributed by atoms with Crippen LogP contribution in [0.4, 0.5) is 5.82 Å². The van der Waals surface area contributed by atoms with Gasteiger partial charge in [0.15, 0.2) is 0 Å². The molecule has 2 aromatic rings. The summed E-state index contributed by atoms with van der Waals surface area (Å²) in [7, 11) is 0. The molecule has 0 amide bonds. The smallest absolute Gasteiger partial charge is 0.145 e. The number of nitrogens with one attached hydrogen (secondary N) is 1. The first-order valence-corrected chi connectivity index (χ1v) is 6.46. The Labute approximate surface area is 109 Å². The van der Waals surface area contributed by atoms with E-state index in [4.69, 9.17) is 0 Å². The molecular formula is C12H15BrN4. The van der Waals surface area contributed by atoms with Gasteiger partial charge in [0.1, 0.15) is 5.82 Å². The predicted octanol–water partition coefficient (Wildman–Crippen LogP) is 3.06. The van der Waals surface area contributed by atoms with Gasteiger partial charge in [0.05, 0.1) is 6.20 Å². The van der Waals surface area contributed by atoms with E-state index in [1.165, 1.54) is 5.56 Å². The summed E-state index contributed by atoms with van der Waals surface area (Å²) in [4.78, 5) is 0. The number of benzene rings is 1. The fraction of sp³-hybridized carbons (Fsp3) is 0.333. The minimum atomic E-state index is 0.762. The summed E-state index contributed by atoms with van der Waals surface area (Å²) < 4.78 is 3.00. The highest BCUT2D eigenvalue weighted by atomic mass is 79.9. The lowest BCUT2D eigenvalue weighted by atomic mass is 10.2. The maximum atomic E-state index is 4.03. The lowest BCUT2D eigenvalue weighted by molar-refractivity contribution is 0.583. The van der Waals surface area contributed by atoms with Crippen LogP contribution < -0.4 is 5.32 Å². The van der Waals surface area contributed by atoms with Gasteiger partial charge in [-0.15, -0.1) is 5.10 Å². The van der Waals surface area contributed by atoms with Crippen molar-refractivity contribution < 1.29 is 0 Å². The zero-order chi connectivity index (χ0) is 12.1. The second kappa shape index (κ2) is 5.82. The van der Waals surface area contributed by atoms with Crippen LogP contribution in [0.3, 0.4) is 0 Å². The molecule has 0 fully saturated rings. The molecule has 0 aliphatic heterocycles. The van der Waals surface area contributed by atoms with E-state index in [-0.39, 0.29) is 0 Å². The van der Waals surface area contributed by atoms with Crippen LogP contribution in [-0.2, 0) is 13.1 Å². The molecule has 17 heavy (non-hydrogen) atoms. The molecule has 0 unspecified atom stereocenters. The summed E-state index contributed by atoms with van der Waals surface area (Å²) in [5, 5.41) is 11.3. The fourth-order valence-corrected chi connectivity index (χ4v) is 2.02. The van der Waals surface area contributed by atoms with E-state index < -0.39 is 0 Å². The quantitative estimate of drug-likeness (QED) is 0.922. The van der Waals surface area contributed by atoms with Crippen molar-refractivity contribution in [2.24, 2.45) is 0 Å². The molecule has 5 heteroatoms. The first-order chi connectivity index (χ1) is 8.31. The van der Waals surface area contributed by atoms with Crippen molar-refractivity contribution in [3.63, 3.8) is 0 Å². The van der Waals surface area contributed by atoms with Crippen LogP contribution in [0, 0.1) is 0 Å². The van der Waals surface area contributed by atoms with E-state index in [0.29, 0.717) is 0 Å². The molecule has 1 heterocycles. The van der Waals surface area contributed by atoms with E-state index in [1.807, 2.05) is 22.9 Å². The molecule has 0 spiro atoms. The van der Waals surface area contributed by atoms with Gasteiger partial charge in [0, 0.05) is 17.6 Å². The Hall–Kier alpha value is -1.36. The second-order valence-corrected chi connectivity index (χ2v) is 4.64. The fourth-order valence-electron chi connectivity index (χ4n) is 1.60. The standard InChI is InChI=1S/C12H15BrN4/c1-2-7-17-12(9-15-16-17)14-8-10-5-3-4-6-11(10)13/h3-6,9,14H,2,7-8H2,1H3. The molecule has 4 nitrogen and oxygen atoms in total. The summed E-state index contributed by atoms with van der Waals surface area (Å²) >= 11 is 3.53. The number of rotatable bonds is 5. The van der Waals surface area contributed by atoms with Gasteiger partial charge in [0.2, 0.25) is 0 Å². The van der Waals surface area contributed by atoms with Crippen molar-refractivity contribution in [2.75, 3.05) is 5.32 Å². The Morgan fingerprint density at radius 2 is 2.18 bits per heavy atom. The predicted molar refractivity (Wildman–Crippen MR) is 71.8 cm³/mol. The highest BCUT2D eigenvalue weighted by molar-refractivity contribution is 9.10. The summed E-state index contributed by atoms with van der Waals surface area (Å²) in [5.41, 5.74) is 1.22. The van der Waals surface area contributed by atoms with Gasteiger partial charge in [-0.1, -0.05) is 46.3 Å². The number of halogens is 1. The number of anilines is 1. The minimum Gasteiger partial charge on any atom is -0.365 e. The first-order valence-electron chi connectivity index (χ1n) is 5.67. The van der Waals surface area contributed by atoms with Crippen molar-refractivity contribution >= 4 is 21.7 Å². The Kier molecular flexibility index (Phi) is 4.14. The number of nitrogens with zero attached hydrogens (tertiary/aromatic N) is 3. The third kappa shape index (κ3) is 3.06. The van der Waals surface area contributed by atoms with Crippen LogP contribution in [0.2, 0.25) is 0 Å². The average Bonchev–Trinajstić information content (AvgIpc) is 2.76. The van der Waals surface area contributed by atoms with E-state index in [0.717, 1.165) is 29.8 Å². The topological polar surface area (TPSA) is 42.7 Å². The molecule has 0 saturated carbocycles. The van der Waals surface area contributed by atoms with Crippen LogP contribution in [0.25, 0.3) is 0 Å². The molecule has 0 saturated heterocycles. The van der Waals surface area contributed by atoms with Gasteiger partial charge in [-0.3, -0.25) is 0 Å². The molecule has 90 valence electrons. The van der Waals surface area contributed by atoms with Crippen molar-refractivity contribution in [1.29, 1.82) is 0 Å². The van der Waals surface area contributed by atoms with Crippen LogP contribution in [0.5, 0.6) is 0 Å². The maximum absolute atomic E-state index is 4.03. The number of hydrogen-bond acceptors (Lipinski definition) is 3. The zero-order valence-electron chi connectivity index (χ0n) is 9.73. The van der Waals surface area contributed by atoms with E-state index in [2.05, 4.69) is 44.5 Å². The van der Waals surface area contributed by atoms with E-state index >= 15 is 0 Å². The molecule has 1 aromatic heterocycles. The number of aromatic nitrogens is 3. The molecule has 0 atom stereocenters. The third-order valence-corrected chi connectivity index (χ3v) is 3.24. The monoisotopic (exact) mass is 294 g/mol. The highest BCUT2D eigenvalue weighted by Crippen LogP contribution is 2.17. The molecule has 0 bridgehead atoms. The molecule has 0 aliphatic carbocycles. The van der Waals surface area contributed by atoms with Crippen LogP contribution in [0.15, 0.2) is 34.9 Å². The van der Waals surface area contributed by atoms with Crippen LogP contribution in [-0.4, -0.2) is 15.0 Å². The van der Waals surface area contributed by atoms with Gasteiger partial charge < -0.3 is 5.32 Å². The van der Waals surface area contributed by atoms with Crippen molar-refractivity contribution in [3.8, 4) is 0 Å². The second-order valence-electron chi connectivity index (χ2n) is 3.79. The van der Waals surface area contributed by atoms with Gasteiger partial charge in [-0.2, -0.15) is 0 Å².